The normalized spacial score (nSPS) is 19.8. The van der Waals surface area contributed by atoms with Crippen LogP contribution in [0, 0.1) is 5.82 Å². The van der Waals surface area contributed by atoms with Crippen molar-refractivity contribution in [3.63, 3.8) is 0 Å². The van der Waals surface area contributed by atoms with Crippen molar-refractivity contribution in [2.75, 3.05) is 50.1 Å². The fourth-order valence-corrected chi connectivity index (χ4v) is 6.13. The molecular weight excluding hydrogens is 547 g/mol. The van der Waals surface area contributed by atoms with Gasteiger partial charge < -0.3 is 19.6 Å². The molecule has 2 N–H and O–H groups in total. The number of aromatic amines is 2. The molecule has 0 radical (unpaired) electrons. The van der Waals surface area contributed by atoms with Crippen molar-refractivity contribution < 1.29 is 9.18 Å². The first-order chi connectivity index (χ1) is 19.6. The molecule has 2 atom stereocenters. The topological polar surface area (TPSA) is 104 Å². The van der Waals surface area contributed by atoms with Crippen LogP contribution in [0.3, 0.4) is 0 Å². The maximum atomic E-state index is 16.7. The van der Waals surface area contributed by atoms with Gasteiger partial charge in [0.25, 0.3) is 5.56 Å². The van der Waals surface area contributed by atoms with E-state index >= 15 is 4.39 Å². The number of H-pyrrole nitrogens is 2. The zero-order chi connectivity index (χ0) is 29.2. The number of piperazine rings is 1. The molecule has 6 rings (SSSR count). The van der Waals surface area contributed by atoms with E-state index in [9.17, 15) is 9.59 Å². The predicted molar refractivity (Wildman–Crippen MR) is 160 cm³/mol. The SMILES string of the molecule is C=CC(=O)N1C[C@H](C)N(c2nc(N3CC(N(C)C)C3)nc3c(F)c(-c4cccc5c(=O)[nH][nH]c45)c(Cl)cc23)C[C@H]1C. The smallest absolute Gasteiger partial charge is 0.271 e. The third-order valence-electron chi connectivity index (χ3n) is 8.32. The maximum Gasteiger partial charge on any atom is 0.271 e. The number of fused-ring (bicyclic) bond motifs is 2. The van der Waals surface area contributed by atoms with E-state index in [1.807, 2.05) is 32.8 Å². The molecule has 4 aromatic rings. The molecule has 2 aromatic carbocycles. The number of anilines is 2. The summed E-state index contributed by atoms with van der Waals surface area (Å²) in [5, 5.41) is 6.50. The lowest BCUT2D eigenvalue weighted by Crippen LogP contribution is -2.59. The Morgan fingerprint density at radius 3 is 2.59 bits per heavy atom. The summed E-state index contributed by atoms with van der Waals surface area (Å²) < 4.78 is 16.7. The third kappa shape index (κ3) is 4.43. The highest BCUT2D eigenvalue weighted by Gasteiger charge is 2.36. The lowest BCUT2D eigenvalue weighted by atomic mass is 9.99. The summed E-state index contributed by atoms with van der Waals surface area (Å²) >= 11 is 6.81. The summed E-state index contributed by atoms with van der Waals surface area (Å²) in [4.78, 5) is 42.5. The quantitative estimate of drug-likeness (QED) is 0.349. The molecule has 0 spiro atoms. The van der Waals surface area contributed by atoms with E-state index in [0.717, 1.165) is 13.1 Å². The summed E-state index contributed by atoms with van der Waals surface area (Å²) in [5.41, 5.74) is 0.943. The summed E-state index contributed by atoms with van der Waals surface area (Å²) in [7, 11) is 4.06. The van der Waals surface area contributed by atoms with Crippen LogP contribution >= 0.6 is 11.6 Å². The second kappa shape index (κ2) is 10.1. The number of hydrogen-bond acceptors (Lipinski definition) is 7. The van der Waals surface area contributed by atoms with E-state index in [2.05, 4.69) is 26.6 Å². The molecule has 214 valence electrons. The van der Waals surface area contributed by atoms with Crippen molar-refractivity contribution in [1.82, 2.24) is 30.0 Å². The number of nitrogens with one attached hydrogen (secondary N) is 2. The number of likely N-dealkylation sites (N-methyl/N-ethyl adjacent to an activating group) is 1. The van der Waals surface area contributed by atoms with Gasteiger partial charge >= 0.3 is 0 Å². The van der Waals surface area contributed by atoms with Crippen molar-refractivity contribution >= 4 is 51.1 Å². The Kier molecular flexibility index (Phi) is 6.74. The second-order valence-electron chi connectivity index (χ2n) is 11.2. The zero-order valence-corrected chi connectivity index (χ0v) is 24.2. The number of carbonyl (C=O) groups is 1. The van der Waals surface area contributed by atoms with Crippen LogP contribution in [0.5, 0.6) is 0 Å². The molecule has 2 aliphatic rings. The fraction of sp³-hybridized carbons (Fsp3) is 0.379. The Bertz CT molecular complexity index is 1740. The van der Waals surface area contributed by atoms with Crippen LogP contribution in [-0.2, 0) is 4.79 Å². The first kappa shape index (κ1) is 27.2. The van der Waals surface area contributed by atoms with E-state index < -0.39 is 5.82 Å². The monoisotopic (exact) mass is 578 g/mol. The Labute approximate surface area is 241 Å². The fourth-order valence-electron chi connectivity index (χ4n) is 5.84. The van der Waals surface area contributed by atoms with Crippen LogP contribution in [0.4, 0.5) is 16.2 Å². The minimum Gasteiger partial charge on any atom is -0.349 e. The summed E-state index contributed by atoms with van der Waals surface area (Å²) in [6, 6.07) is 6.92. The summed E-state index contributed by atoms with van der Waals surface area (Å²) in [6.07, 6.45) is 1.33. The van der Waals surface area contributed by atoms with Gasteiger partial charge in [-0.15, -0.1) is 0 Å². The van der Waals surface area contributed by atoms with Gasteiger partial charge in [-0.2, -0.15) is 4.98 Å². The lowest BCUT2D eigenvalue weighted by Gasteiger charge is -2.45. The molecule has 2 fully saturated rings. The van der Waals surface area contributed by atoms with E-state index in [0.29, 0.717) is 52.8 Å². The molecule has 1 amide bonds. The average Bonchev–Trinajstić information content (AvgIpc) is 3.29. The molecule has 0 saturated carbocycles. The Morgan fingerprint density at radius 2 is 1.88 bits per heavy atom. The van der Waals surface area contributed by atoms with E-state index in [1.54, 1.807) is 29.2 Å². The number of carbonyl (C=O) groups excluding carboxylic acids is 1. The molecule has 12 heteroatoms. The molecule has 0 unspecified atom stereocenters. The van der Waals surface area contributed by atoms with E-state index in [-0.39, 0.29) is 39.7 Å². The molecule has 0 bridgehead atoms. The van der Waals surface area contributed by atoms with Crippen LogP contribution in [0.1, 0.15) is 13.8 Å². The lowest BCUT2D eigenvalue weighted by molar-refractivity contribution is -0.128. The molecule has 2 aromatic heterocycles. The number of para-hydroxylation sites is 1. The van der Waals surface area contributed by atoms with Gasteiger partial charge in [0.2, 0.25) is 11.9 Å². The van der Waals surface area contributed by atoms with Gasteiger partial charge in [-0.3, -0.25) is 19.8 Å². The maximum absolute atomic E-state index is 16.7. The van der Waals surface area contributed by atoms with E-state index in [1.165, 1.54) is 6.08 Å². The van der Waals surface area contributed by atoms with Crippen LogP contribution in [0.25, 0.3) is 32.9 Å². The first-order valence-corrected chi connectivity index (χ1v) is 14.0. The van der Waals surface area contributed by atoms with Gasteiger partial charge in [0, 0.05) is 60.8 Å². The Morgan fingerprint density at radius 1 is 1.12 bits per heavy atom. The minimum absolute atomic E-state index is 0.104. The number of halogens is 2. The number of benzene rings is 2. The third-order valence-corrected chi connectivity index (χ3v) is 8.62. The Hall–Kier alpha value is -3.96. The van der Waals surface area contributed by atoms with Crippen molar-refractivity contribution in [1.29, 1.82) is 0 Å². The van der Waals surface area contributed by atoms with Gasteiger partial charge in [0.15, 0.2) is 5.82 Å². The minimum atomic E-state index is -0.585. The van der Waals surface area contributed by atoms with Crippen LogP contribution in [0.2, 0.25) is 5.02 Å². The molecule has 0 aliphatic carbocycles. The second-order valence-corrected chi connectivity index (χ2v) is 11.6. The van der Waals surface area contributed by atoms with Crippen molar-refractivity contribution in [3.8, 4) is 11.1 Å². The molecule has 4 heterocycles. The highest BCUT2D eigenvalue weighted by Crippen LogP contribution is 2.41. The van der Waals surface area contributed by atoms with Gasteiger partial charge in [0.1, 0.15) is 11.3 Å². The number of amides is 1. The van der Waals surface area contributed by atoms with Crippen LogP contribution in [-0.4, -0.2) is 94.3 Å². The summed E-state index contributed by atoms with van der Waals surface area (Å²) in [6.45, 7) is 10.0. The number of rotatable bonds is 5. The van der Waals surface area contributed by atoms with Crippen LogP contribution < -0.4 is 15.4 Å². The molecule has 10 nitrogen and oxygen atoms in total. The molecule has 2 saturated heterocycles. The van der Waals surface area contributed by atoms with Crippen LogP contribution in [0.15, 0.2) is 41.7 Å². The molecule has 41 heavy (non-hydrogen) atoms. The predicted octanol–water partition coefficient (Wildman–Crippen LogP) is 3.62. The van der Waals surface area contributed by atoms with Gasteiger partial charge in [-0.1, -0.05) is 30.3 Å². The molecular formula is C29H32ClFN8O2. The van der Waals surface area contributed by atoms with Crippen molar-refractivity contribution in [3.05, 3.63) is 58.1 Å². The zero-order valence-electron chi connectivity index (χ0n) is 23.4. The van der Waals surface area contributed by atoms with Gasteiger partial charge in [-0.05, 0) is 46.2 Å². The number of aromatic nitrogens is 4. The Balaban J connectivity index is 1.53. The first-order valence-electron chi connectivity index (χ1n) is 13.6. The van der Waals surface area contributed by atoms with Crippen molar-refractivity contribution in [2.24, 2.45) is 0 Å². The van der Waals surface area contributed by atoms with Gasteiger partial charge in [-0.25, -0.2) is 9.37 Å². The standard InChI is InChI=1S/C29H32ClFN8O2/c1-6-22(40)38-11-16(3)39(12-15(38)2)27-20-10-21(30)23(18-8-7-9-19-25(18)34-35-28(19)41)24(31)26(20)32-29(33-27)37-13-17(14-37)36(4)5/h6-10,15-17H,1,11-14H2,2-5H3,(H2,34,35,41)/t15-,16+/m1/s1. The highest BCUT2D eigenvalue weighted by atomic mass is 35.5. The number of nitrogens with zero attached hydrogens (tertiary/aromatic N) is 6. The highest BCUT2D eigenvalue weighted by molar-refractivity contribution is 6.35. The largest absolute Gasteiger partial charge is 0.349 e. The van der Waals surface area contributed by atoms with Gasteiger partial charge in [0.05, 0.1) is 15.9 Å². The number of hydrogen-bond donors (Lipinski definition) is 2. The van der Waals surface area contributed by atoms with Crippen molar-refractivity contribution in [2.45, 2.75) is 32.0 Å². The average molecular weight is 579 g/mol. The summed E-state index contributed by atoms with van der Waals surface area (Å²) in [5.74, 6) is 0.306. The van der Waals surface area contributed by atoms with E-state index in [4.69, 9.17) is 21.6 Å². The molecule has 2 aliphatic heterocycles.